The van der Waals surface area contributed by atoms with E-state index in [0.717, 1.165) is 16.7 Å². The minimum atomic E-state index is -0.425. The van der Waals surface area contributed by atoms with Crippen LogP contribution in [0.25, 0.3) is 11.1 Å². The lowest BCUT2D eigenvalue weighted by atomic mass is 9.94. The van der Waals surface area contributed by atoms with Crippen molar-refractivity contribution in [1.82, 2.24) is 0 Å². The van der Waals surface area contributed by atoms with E-state index in [4.69, 9.17) is 17.3 Å². The zero-order valence-electron chi connectivity index (χ0n) is 10.4. The molecule has 1 unspecified atom stereocenters. The van der Waals surface area contributed by atoms with Crippen molar-refractivity contribution < 1.29 is 4.39 Å². The maximum atomic E-state index is 13.6. The van der Waals surface area contributed by atoms with Gasteiger partial charge in [-0.3, -0.25) is 0 Å². The first-order valence-electron chi connectivity index (χ1n) is 6.04. The van der Waals surface area contributed by atoms with Crippen molar-refractivity contribution in [3.63, 3.8) is 0 Å². The highest BCUT2D eigenvalue weighted by Crippen LogP contribution is 2.30. The molecule has 0 aliphatic carbocycles. The van der Waals surface area contributed by atoms with Crippen LogP contribution >= 0.6 is 11.6 Å². The van der Waals surface area contributed by atoms with E-state index in [1.165, 1.54) is 6.07 Å². The second kappa shape index (κ2) is 6.00. The molecule has 0 saturated heterocycles. The normalized spacial score (nSPS) is 12.2. The van der Waals surface area contributed by atoms with Crippen LogP contribution in [-0.2, 0) is 0 Å². The van der Waals surface area contributed by atoms with Gasteiger partial charge in [0.25, 0.3) is 0 Å². The van der Waals surface area contributed by atoms with Crippen LogP contribution in [0.5, 0.6) is 0 Å². The van der Waals surface area contributed by atoms with Crippen molar-refractivity contribution in [1.29, 1.82) is 0 Å². The molecule has 0 aromatic heterocycles. The van der Waals surface area contributed by atoms with Crippen LogP contribution < -0.4 is 5.73 Å². The highest BCUT2D eigenvalue weighted by atomic mass is 35.5. The molecule has 3 heteroatoms. The van der Waals surface area contributed by atoms with Crippen LogP contribution in [0.3, 0.4) is 0 Å². The Labute approximate surface area is 117 Å². The maximum absolute atomic E-state index is 13.6. The summed E-state index contributed by atoms with van der Waals surface area (Å²) in [5, 5.41) is 0.122. The lowest BCUT2D eigenvalue weighted by molar-refractivity contribution is 0.628. The number of hydrogen-bond donors (Lipinski definition) is 1. The standard InChI is InChI=1S/C16H15ClFN/c1-2-5-16(19)13-7-4-3-6-12(13)11-8-9-14(17)15(18)10-11/h2-4,6-10,16H,1,5,19H2. The van der Waals surface area contributed by atoms with Crippen LogP contribution in [-0.4, -0.2) is 0 Å². The third kappa shape index (κ3) is 3.03. The summed E-state index contributed by atoms with van der Waals surface area (Å²) in [6.45, 7) is 3.70. The van der Waals surface area contributed by atoms with Crippen LogP contribution in [0.2, 0.25) is 5.02 Å². The quantitative estimate of drug-likeness (QED) is 0.803. The molecule has 0 aliphatic heterocycles. The molecular weight excluding hydrogens is 261 g/mol. The summed E-state index contributed by atoms with van der Waals surface area (Å²) in [7, 11) is 0. The summed E-state index contributed by atoms with van der Waals surface area (Å²) in [4.78, 5) is 0. The third-order valence-electron chi connectivity index (χ3n) is 3.01. The van der Waals surface area contributed by atoms with Gasteiger partial charge in [0.15, 0.2) is 0 Å². The minimum Gasteiger partial charge on any atom is -0.324 e. The van der Waals surface area contributed by atoms with Gasteiger partial charge >= 0.3 is 0 Å². The van der Waals surface area contributed by atoms with E-state index in [9.17, 15) is 4.39 Å². The second-order valence-corrected chi connectivity index (χ2v) is 4.75. The molecule has 0 radical (unpaired) electrons. The molecule has 98 valence electrons. The van der Waals surface area contributed by atoms with Crippen LogP contribution in [0.4, 0.5) is 4.39 Å². The van der Waals surface area contributed by atoms with Gasteiger partial charge in [0.1, 0.15) is 5.82 Å². The number of benzene rings is 2. The molecule has 2 rings (SSSR count). The van der Waals surface area contributed by atoms with Crippen molar-refractivity contribution in [3.05, 3.63) is 71.5 Å². The molecule has 1 atom stereocenters. The Morgan fingerprint density at radius 1 is 1.26 bits per heavy atom. The summed E-state index contributed by atoms with van der Waals surface area (Å²) >= 11 is 5.71. The molecule has 1 nitrogen and oxygen atoms in total. The summed E-state index contributed by atoms with van der Waals surface area (Å²) in [5.41, 5.74) is 8.80. The SMILES string of the molecule is C=CCC(N)c1ccccc1-c1ccc(Cl)c(F)c1. The predicted molar refractivity (Wildman–Crippen MR) is 78.6 cm³/mol. The molecule has 0 bridgehead atoms. The van der Waals surface area contributed by atoms with Gasteiger partial charge in [-0.2, -0.15) is 0 Å². The fraction of sp³-hybridized carbons (Fsp3) is 0.125. The number of nitrogens with two attached hydrogens (primary N) is 1. The largest absolute Gasteiger partial charge is 0.324 e. The second-order valence-electron chi connectivity index (χ2n) is 4.35. The van der Waals surface area contributed by atoms with Crippen molar-refractivity contribution in [3.8, 4) is 11.1 Å². The molecule has 0 heterocycles. The Balaban J connectivity index is 2.49. The van der Waals surface area contributed by atoms with E-state index in [1.54, 1.807) is 18.2 Å². The molecule has 0 aliphatic rings. The topological polar surface area (TPSA) is 26.0 Å². The zero-order valence-corrected chi connectivity index (χ0v) is 11.2. The van der Waals surface area contributed by atoms with Gasteiger partial charge in [0.05, 0.1) is 5.02 Å². The Morgan fingerprint density at radius 2 is 2.00 bits per heavy atom. The first-order chi connectivity index (χ1) is 9.13. The number of hydrogen-bond acceptors (Lipinski definition) is 1. The van der Waals surface area contributed by atoms with E-state index in [0.29, 0.717) is 6.42 Å². The molecule has 0 saturated carbocycles. The van der Waals surface area contributed by atoms with Crippen LogP contribution in [0, 0.1) is 5.82 Å². The van der Waals surface area contributed by atoms with Crippen LogP contribution in [0.15, 0.2) is 55.1 Å². The lowest BCUT2D eigenvalue weighted by Crippen LogP contribution is -2.10. The fourth-order valence-electron chi connectivity index (χ4n) is 2.05. The smallest absolute Gasteiger partial charge is 0.142 e. The van der Waals surface area contributed by atoms with E-state index in [-0.39, 0.29) is 11.1 Å². The third-order valence-corrected chi connectivity index (χ3v) is 3.32. The predicted octanol–water partition coefficient (Wildman–Crippen LogP) is 4.72. The van der Waals surface area contributed by atoms with Crippen molar-refractivity contribution in [2.45, 2.75) is 12.5 Å². The molecule has 2 N–H and O–H groups in total. The average molecular weight is 276 g/mol. The monoisotopic (exact) mass is 275 g/mol. The van der Waals surface area contributed by atoms with Gasteiger partial charge in [-0.1, -0.05) is 48.0 Å². The minimum absolute atomic E-state index is 0.122. The van der Waals surface area contributed by atoms with Gasteiger partial charge in [0, 0.05) is 6.04 Å². The van der Waals surface area contributed by atoms with E-state index in [1.807, 2.05) is 24.3 Å². The van der Waals surface area contributed by atoms with Crippen molar-refractivity contribution >= 4 is 11.6 Å². The first kappa shape index (κ1) is 13.8. The summed E-state index contributed by atoms with van der Waals surface area (Å²) in [6.07, 6.45) is 2.46. The first-order valence-corrected chi connectivity index (χ1v) is 6.42. The highest BCUT2D eigenvalue weighted by Gasteiger charge is 2.12. The molecular formula is C16H15ClFN. The Bertz CT molecular complexity index is 595. The van der Waals surface area contributed by atoms with Crippen molar-refractivity contribution in [2.24, 2.45) is 5.73 Å². The summed E-state index contributed by atoms with van der Waals surface area (Å²) < 4.78 is 13.6. The fourth-order valence-corrected chi connectivity index (χ4v) is 2.17. The van der Waals surface area contributed by atoms with Gasteiger partial charge in [0.2, 0.25) is 0 Å². The number of halogens is 2. The summed E-state index contributed by atoms with van der Waals surface area (Å²) in [5.74, 6) is -0.425. The summed E-state index contributed by atoms with van der Waals surface area (Å²) in [6, 6.07) is 12.4. The van der Waals surface area contributed by atoms with Gasteiger partial charge in [-0.15, -0.1) is 6.58 Å². The molecule has 0 fully saturated rings. The Hall–Kier alpha value is -1.64. The van der Waals surface area contributed by atoms with E-state index in [2.05, 4.69) is 6.58 Å². The van der Waals surface area contributed by atoms with Gasteiger partial charge < -0.3 is 5.73 Å². The molecule has 0 spiro atoms. The Morgan fingerprint density at radius 3 is 2.68 bits per heavy atom. The molecule has 2 aromatic carbocycles. The van der Waals surface area contributed by atoms with E-state index >= 15 is 0 Å². The van der Waals surface area contributed by atoms with E-state index < -0.39 is 5.82 Å². The highest BCUT2D eigenvalue weighted by molar-refractivity contribution is 6.30. The maximum Gasteiger partial charge on any atom is 0.142 e. The number of rotatable bonds is 4. The molecule has 19 heavy (non-hydrogen) atoms. The zero-order chi connectivity index (χ0) is 13.8. The average Bonchev–Trinajstić information content (AvgIpc) is 2.42. The van der Waals surface area contributed by atoms with Crippen LogP contribution in [0.1, 0.15) is 18.0 Å². The van der Waals surface area contributed by atoms with Gasteiger partial charge in [-0.05, 0) is 35.2 Å². The Kier molecular flexibility index (Phi) is 4.35. The molecule has 0 amide bonds. The molecule has 2 aromatic rings. The van der Waals surface area contributed by atoms with Gasteiger partial charge in [-0.25, -0.2) is 4.39 Å². The van der Waals surface area contributed by atoms with Crippen molar-refractivity contribution in [2.75, 3.05) is 0 Å². The lowest BCUT2D eigenvalue weighted by Gasteiger charge is -2.15.